The molecule has 2 atom stereocenters. The van der Waals surface area contributed by atoms with Gasteiger partial charge in [-0.2, -0.15) is 0 Å². The smallest absolute Gasteiger partial charge is 0.304 e. The highest BCUT2D eigenvalue weighted by Crippen LogP contribution is 2.37. The summed E-state index contributed by atoms with van der Waals surface area (Å²) in [4.78, 5) is 38.4. The summed E-state index contributed by atoms with van der Waals surface area (Å²) in [6.45, 7) is 0. The van der Waals surface area contributed by atoms with E-state index in [1.165, 1.54) is 23.5 Å². The molecule has 8 nitrogen and oxygen atoms in total. The van der Waals surface area contributed by atoms with Crippen LogP contribution < -0.4 is 0 Å². The molecular formula is C20H18N4O4S2. The fraction of sp³-hybridized carbons (Fsp3) is 0.200. The Morgan fingerprint density at radius 1 is 0.767 bits per heavy atom. The third-order valence-corrected chi connectivity index (χ3v) is 7.03. The fourth-order valence-corrected chi connectivity index (χ4v) is 5.59. The minimum atomic E-state index is -0.996. The average molecular weight is 443 g/mol. The van der Waals surface area contributed by atoms with Crippen LogP contribution in [0, 0.1) is 0 Å². The molecule has 0 saturated heterocycles. The van der Waals surface area contributed by atoms with Crippen molar-refractivity contribution in [3.63, 3.8) is 0 Å². The van der Waals surface area contributed by atoms with E-state index in [0.717, 1.165) is 22.1 Å². The highest BCUT2D eigenvalue weighted by molar-refractivity contribution is 8.03. The number of thioether (sulfide) groups is 2. The monoisotopic (exact) mass is 442 g/mol. The number of imidazole rings is 2. The van der Waals surface area contributed by atoms with Crippen molar-refractivity contribution in [2.45, 2.75) is 33.7 Å². The summed E-state index contributed by atoms with van der Waals surface area (Å²) in [6, 6.07) is 15.0. The van der Waals surface area contributed by atoms with Crippen molar-refractivity contribution < 1.29 is 19.8 Å². The summed E-state index contributed by atoms with van der Waals surface area (Å²) in [5.41, 5.74) is 3.23. The number of carboxylic acids is 2. The number of carboxylic acid groups (broad SMARTS) is 2. The maximum Gasteiger partial charge on any atom is 0.304 e. The summed E-state index contributed by atoms with van der Waals surface area (Å²) >= 11 is 2.49. The topological polar surface area (TPSA) is 132 Å². The molecule has 2 aromatic carbocycles. The van der Waals surface area contributed by atoms with E-state index >= 15 is 0 Å². The van der Waals surface area contributed by atoms with E-state index in [9.17, 15) is 19.8 Å². The third kappa shape index (κ3) is 4.77. The van der Waals surface area contributed by atoms with Gasteiger partial charge in [-0.25, -0.2) is 9.97 Å². The number of carbonyl (C=O) groups is 2. The van der Waals surface area contributed by atoms with E-state index in [-0.39, 0.29) is 12.8 Å². The minimum absolute atomic E-state index is 0.202. The Hall–Kier alpha value is -2.98. The van der Waals surface area contributed by atoms with Crippen LogP contribution in [0.15, 0.2) is 58.8 Å². The number of aliphatic carboxylic acids is 2. The van der Waals surface area contributed by atoms with Gasteiger partial charge in [0.05, 0.1) is 34.9 Å². The lowest BCUT2D eigenvalue weighted by Gasteiger charge is -2.22. The number of aromatic nitrogens is 4. The van der Waals surface area contributed by atoms with E-state index in [1.807, 2.05) is 48.5 Å². The molecule has 2 heterocycles. The van der Waals surface area contributed by atoms with Crippen molar-refractivity contribution >= 4 is 57.5 Å². The van der Waals surface area contributed by atoms with Gasteiger partial charge in [0, 0.05) is 10.5 Å². The molecule has 0 aliphatic rings. The number of fused-ring (bicyclic) bond motifs is 2. The van der Waals surface area contributed by atoms with Gasteiger partial charge in [0.1, 0.15) is 0 Å². The molecule has 0 radical (unpaired) electrons. The van der Waals surface area contributed by atoms with Crippen molar-refractivity contribution in [3.05, 3.63) is 48.5 Å². The molecule has 0 saturated carbocycles. The van der Waals surface area contributed by atoms with Crippen molar-refractivity contribution in [1.82, 2.24) is 19.9 Å². The predicted octanol–water partition coefficient (Wildman–Crippen LogP) is 4.01. The SMILES string of the molecule is O=C(O)CC(Sc1nc2ccccc2[nH]1)C(CC(=O)O)Sc1nc2ccccc2[nH]1. The molecule has 4 aromatic rings. The first-order chi connectivity index (χ1) is 14.5. The van der Waals surface area contributed by atoms with Gasteiger partial charge in [0.2, 0.25) is 0 Å². The van der Waals surface area contributed by atoms with Gasteiger partial charge in [-0.3, -0.25) is 9.59 Å². The Morgan fingerprint density at radius 2 is 1.17 bits per heavy atom. The van der Waals surface area contributed by atoms with Gasteiger partial charge in [-0.05, 0) is 24.3 Å². The lowest BCUT2D eigenvalue weighted by atomic mass is 10.2. The van der Waals surface area contributed by atoms with Crippen LogP contribution in [0.3, 0.4) is 0 Å². The fourth-order valence-electron chi connectivity index (χ4n) is 3.10. The van der Waals surface area contributed by atoms with Crippen LogP contribution >= 0.6 is 23.5 Å². The number of hydrogen-bond donors (Lipinski definition) is 4. The van der Waals surface area contributed by atoms with Gasteiger partial charge in [0.15, 0.2) is 10.3 Å². The quantitative estimate of drug-likeness (QED) is 0.286. The number of nitrogens with zero attached hydrogens (tertiary/aromatic N) is 2. The van der Waals surface area contributed by atoms with E-state index in [4.69, 9.17) is 0 Å². The number of para-hydroxylation sites is 4. The molecule has 0 fully saturated rings. The Morgan fingerprint density at radius 3 is 1.53 bits per heavy atom. The third-order valence-electron chi connectivity index (χ3n) is 4.43. The zero-order valence-corrected chi connectivity index (χ0v) is 17.2. The second-order valence-corrected chi connectivity index (χ2v) is 9.08. The summed E-state index contributed by atoms with van der Waals surface area (Å²) in [6.07, 6.45) is -0.403. The highest BCUT2D eigenvalue weighted by atomic mass is 32.2. The van der Waals surface area contributed by atoms with Crippen molar-refractivity contribution in [3.8, 4) is 0 Å². The average Bonchev–Trinajstić information content (AvgIpc) is 3.28. The summed E-state index contributed by atoms with van der Waals surface area (Å²) < 4.78 is 0. The number of aromatic amines is 2. The molecular weight excluding hydrogens is 424 g/mol. The van der Waals surface area contributed by atoms with Crippen molar-refractivity contribution in [1.29, 1.82) is 0 Å². The van der Waals surface area contributed by atoms with Crippen LogP contribution in [-0.2, 0) is 9.59 Å². The summed E-state index contributed by atoms with van der Waals surface area (Å²) in [5.74, 6) is -1.99. The predicted molar refractivity (Wildman–Crippen MR) is 116 cm³/mol. The van der Waals surface area contributed by atoms with Gasteiger partial charge in [-0.15, -0.1) is 0 Å². The molecule has 2 unspecified atom stereocenters. The molecule has 4 N–H and O–H groups in total. The summed E-state index contributed by atoms with van der Waals surface area (Å²) in [5, 5.41) is 18.9. The Balaban J connectivity index is 1.62. The molecule has 0 spiro atoms. The van der Waals surface area contributed by atoms with Crippen molar-refractivity contribution in [2.75, 3.05) is 0 Å². The Bertz CT molecular complexity index is 1050. The van der Waals surface area contributed by atoms with Gasteiger partial charge >= 0.3 is 11.9 Å². The van der Waals surface area contributed by atoms with Crippen molar-refractivity contribution in [2.24, 2.45) is 0 Å². The standard InChI is InChI=1S/C20H18N4O4S2/c25-17(26)9-15(29-19-21-11-5-1-2-6-12(11)22-19)16(10-18(27)28)30-20-23-13-7-3-4-8-14(13)24-20/h1-8,15-16H,9-10H2,(H,21,22)(H,23,24)(H,25,26)(H,27,28). The largest absolute Gasteiger partial charge is 0.481 e. The number of rotatable bonds is 9. The molecule has 0 aliphatic carbocycles. The molecule has 0 amide bonds. The number of H-pyrrole nitrogens is 2. The minimum Gasteiger partial charge on any atom is -0.481 e. The molecule has 0 bridgehead atoms. The molecule has 10 heteroatoms. The van der Waals surface area contributed by atoms with E-state index < -0.39 is 22.4 Å². The number of benzene rings is 2. The van der Waals surface area contributed by atoms with E-state index in [2.05, 4.69) is 19.9 Å². The Labute approximate surface area is 179 Å². The van der Waals surface area contributed by atoms with Crippen LogP contribution in [0.5, 0.6) is 0 Å². The lowest BCUT2D eigenvalue weighted by Crippen LogP contribution is -2.26. The second kappa shape index (κ2) is 8.80. The van der Waals surface area contributed by atoms with Crippen LogP contribution in [0.1, 0.15) is 12.8 Å². The van der Waals surface area contributed by atoms with Crippen LogP contribution in [0.2, 0.25) is 0 Å². The van der Waals surface area contributed by atoms with Crippen LogP contribution in [0.25, 0.3) is 22.1 Å². The normalized spacial score (nSPS) is 13.5. The lowest BCUT2D eigenvalue weighted by molar-refractivity contribution is -0.139. The molecule has 4 rings (SSSR count). The van der Waals surface area contributed by atoms with Gasteiger partial charge in [-0.1, -0.05) is 47.8 Å². The van der Waals surface area contributed by atoms with Crippen LogP contribution in [-0.4, -0.2) is 52.6 Å². The Kier molecular flexibility index (Phi) is 5.96. The molecule has 0 aliphatic heterocycles. The zero-order valence-electron chi connectivity index (χ0n) is 15.6. The van der Waals surface area contributed by atoms with E-state index in [0.29, 0.717) is 10.3 Å². The molecule has 2 aromatic heterocycles. The summed E-state index contributed by atoms with van der Waals surface area (Å²) in [7, 11) is 0. The first kappa shape index (κ1) is 20.3. The van der Waals surface area contributed by atoms with Gasteiger partial charge < -0.3 is 20.2 Å². The highest BCUT2D eigenvalue weighted by Gasteiger charge is 2.30. The molecule has 30 heavy (non-hydrogen) atoms. The first-order valence-corrected chi connectivity index (χ1v) is 10.9. The zero-order chi connectivity index (χ0) is 21.1. The number of hydrogen-bond acceptors (Lipinski definition) is 6. The number of nitrogens with one attached hydrogen (secondary N) is 2. The maximum atomic E-state index is 11.5. The molecule has 154 valence electrons. The van der Waals surface area contributed by atoms with Gasteiger partial charge in [0.25, 0.3) is 0 Å². The van der Waals surface area contributed by atoms with E-state index in [1.54, 1.807) is 0 Å². The maximum absolute atomic E-state index is 11.5. The van der Waals surface area contributed by atoms with Crippen LogP contribution in [0.4, 0.5) is 0 Å². The second-order valence-electron chi connectivity index (χ2n) is 6.63. The first-order valence-electron chi connectivity index (χ1n) is 9.14.